The third-order valence-electron chi connectivity index (χ3n) is 7.29. The van der Waals surface area contributed by atoms with E-state index >= 15 is 0 Å². The van der Waals surface area contributed by atoms with Crippen LogP contribution in [0.25, 0.3) is 10.9 Å². The van der Waals surface area contributed by atoms with Crippen molar-refractivity contribution >= 4 is 26.6 Å². The summed E-state index contributed by atoms with van der Waals surface area (Å²) < 4.78 is 35.4. The lowest BCUT2D eigenvalue weighted by atomic mass is 9.96. The van der Waals surface area contributed by atoms with Gasteiger partial charge in [0, 0.05) is 30.1 Å². The lowest BCUT2D eigenvalue weighted by Gasteiger charge is -2.43. The van der Waals surface area contributed by atoms with Crippen molar-refractivity contribution in [3.8, 4) is 0 Å². The highest BCUT2D eigenvalue weighted by molar-refractivity contribution is 7.92. The summed E-state index contributed by atoms with van der Waals surface area (Å²) in [6.45, 7) is 4.11. The molecule has 0 spiro atoms. The zero-order valence-electron chi connectivity index (χ0n) is 18.6. The van der Waals surface area contributed by atoms with Crippen molar-refractivity contribution in [1.82, 2.24) is 14.7 Å². The van der Waals surface area contributed by atoms with Gasteiger partial charge in [0.25, 0.3) is 0 Å². The third-order valence-corrected chi connectivity index (χ3v) is 8.52. The summed E-state index contributed by atoms with van der Waals surface area (Å²) in [6, 6.07) is 6.98. The van der Waals surface area contributed by atoms with Gasteiger partial charge in [-0.05, 0) is 76.1 Å². The molecule has 3 aliphatic heterocycles. The fraction of sp³-hybridized carbons (Fsp3) is 0.696. The van der Waals surface area contributed by atoms with Crippen LogP contribution < -0.4 is 4.31 Å². The van der Waals surface area contributed by atoms with Crippen molar-refractivity contribution in [2.45, 2.75) is 82.6 Å². The molecule has 0 amide bonds. The second-order valence-electron chi connectivity index (χ2n) is 9.46. The van der Waals surface area contributed by atoms with Crippen molar-refractivity contribution in [3.63, 3.8) is 0 Å². The van der Waals surface area contributed by atoms with Gasteiger partial charge >= 0.3 is 0 Å². The molecule has 0 saturated carbocycles. The molecule has 3 fully saturated rings. The van der Waals surface area contributed by atoms with E-state index in [-0.39, 0.29) is 12.3 Å². The van der Waals surface area contributed by atoms with Crippen LogP contribution in [0.2, 0.25) is 0 Å². The molecule has 0 N–H and O–H groups in total. The molecule has 8 heteroatoms. The Labute approximate surface area is 185 Å². The van der Waals surface area contributed by atoms with E-state index in [4.69, 9.17) is 4.74 Å². The first-order chi connectivity index (χ1) is 15.0. The number of ether oxygens (including phenoxy) is 1. The van der Waals surface area contributed by atoms with Gasteiger partial charge < -0.3 is 4.74 Å². The lowest BCUT2D eigenvalue weighted by molar-refractivity contribution is -0.0366. The van der Waals surface area contributed by atoms with Gasteiger partial charge in [-0.15, -0.1) is 0 Å². The van der Waals surface area contributed by atoms with Crippen molar-refractivity contribution in [2.24, 2.45) is 0 Å². The second kappa shape index (κ2) is 8.37. The Morgan fingerprint density at radius 3 is 2.58 bits per heavy atom. The zero-order chi connectivity index (χ0) is 21.6. The van der Waals surface area contributed by atoms with Crippen LogP contribution in [-0.2, 0) is 14.8 Å². The molecular weight excluding hydrogens is 412 g/mol. The molecule has 0 aliphatic carbocycles. The molecule has 7 nitrogen and oxygen atoms in total. The van der Waals surface area contributed by atoms with Crippen LogP contribution in [-0.4, -0.2) is 60.6 Å². The first-order valence-electron chi connectivity index (χ1n) is 11.8. The van der Waals surface area contributed by atoms with Crippen molar-refractivity contribution in [3.05, 3.63) is 24.4 Å². The Kier molecular flexibility index (Phi) is 5.73. The van der Waals surface area contributed by atoms with E-state index in [0.29, 0.717) is 12.1 Å². The Morgan fingerprint density at radius 1 is 1.16 bits per heavy atom. The number of sulfonamides is 1. The van der Waals surface area contributed by atoms with E-state index in [2.05, 4.69) is 16.9 Å². The fourth-order valence-electron chi connectivity index (χ4n) is 6.06. The van der Waals surface area contributed by atoms with E-state index in [1.54, 1.807) is 4.31 Å². The zero-order valence-corrected chi connectivity index (χ0v) is 19.4. The van der Waals surface area contributed by atoms with E-state index in [1.807, 2.05) is 29.1 Å². The van der Waals surface area contributed by atoms with Gasteiger partial charge in [-0.1, -0.05) is 6.92 Å². The molecule has 3 atom stereocenters. The number of rotatable bonds is 6. The highest BCUT2D eigenvalue weighted by Crippen LogP contribution is 2.40. The number of hydrogen-bond acceptors (Lipinski definition) is 5. The van der Waals surface area contributed by atoms with Crippen LogP contribution in [0.4, 0.5) is 5.69 Å². The van der Waals surface area contributed by atoms with Crippen LogP contribution in [0.3, 0.4) is 0 Å². The standard InChI is InChI=1S/C23H34N4O3S/c1-3-11-25-18-7-8-19(25)15-21(14-18)27(31(2,28)29)20-9-10-22-17(13-20)16-24-26(22)23-6-4-5-12-30-23/h9-10,13,16,18-19,21,23H,3-8,11-12,14-15H2,1-2H3. The molecule has 1 aromatic heterocycles. The molecule has 3 unspecified atom stereocenters. The molecule has 170 valence electrons. The first kappa shape index (κ1) is 21.2. The normalized spacial score (nSPS) is 29.5. The minimum Gasteiger partial charge on any atom is -0.356 e. The van der Waals surface area contributed by atoms with E-state index in [1.165, 1.54) is 19.1 Å². The first-order valence-corrected chi connectivity index (χ1v) is 13.6. The highest BCUT2D eigenvalue weighted by atomic mass is 32.2. The molecule has 1 aromatic carbocycles. The monoisotopic (exact) mass is 446 g/mol. The molecule has 2 bridgehead atoms. The average molecular weight is 447 g/mol. The highest BCUT2D eigenvalue weighted by Gasteiger charge is 2.43. The fourth-order valence-corrected chi connectivity index (χ4v) is 7.27. The summed E-state index contributed by atoms with van der Waals surface area (Å²) in [6.07, 6.45) is 11.7. The second-order valence-corrected chi connectivity index (χ2v) is 11.3. The van der Waals surface area contributed by atoms with Gasteiger partial charge in [0.1, 0.15) is 0 Å². The number of piperidine rings is 1. The van der Waals surface area contributed by atoms with Crippen LogP contribution in [0.15, 0.2) is 24.4 Å². The molecule has 5 rings (SSSR count). The molecule has 3 saturated heterocycles. The predicted octanol–water partition coefficient (Wildman–Crippen LogP) is 3.91. The Morgan fingerprint density at radius 2 is 1.94 bits per heavy atom. The SMILES string of the molecule is CCCN1C2CCC1CC(N(c1ccc3c(cnn3C3CCCCO3)c1)S(C)(=O)=O)C2. The van der Waals surface area contributed by atoms with Gasteiger partial charge in [-0.3, -0.25) is 9.21 Å². The lowest BCUT2D eigenvalue weighted by Crippen LogP contribution is -2.52. The molecule has 3 aliphatic rings. The molecule has 31 heavy (non-hydrogen) atoms. The van der Waals surface area contributed by atoms with Crippen molar-refractivity contribution < 1.29 is 13.2 Å². The summed E-state index contributed by atoms with van der Waals surface area (Å²) in [7, 11) is -3.39. The molecular formula is C23H34N4O3S. The summed E-state index contributed by atoms with van der Waals surface area (Å²) in [5.41, 5.74) is 1.76. The van der Waals surface area contributed by atoms with E-state index in [9.17, 15) is 8.42 Å². The number of hydrogen-bond donors (Lipinski definition) is 0. The Bertz CT molecular complexity index is 1020. The van der Waals surface area contributed by atoms with Crippen LogP contribution in [0.1, 0.15) is 64.5 Å². The Hall–Kier alpha value is -1.64. The number of fused-ring (bicyclic) bond motifs is 3. The largest absolute Gasteiger partial charge is 0.356 e. The van der Waals surface area contributed by atoms with Gasteiger partial charge in [0.05, 0.1) is 23.7 Å². The average Bonchev–Trinajstić information content (AvgIpc) is 3.25. The van der Waals surface area contributed by atoms with Crippen LogP contribution in [0, 0.1) is 0 Å². The topological polar surface area (TPSA) is 67.7 Å². The summed E-state index contributed by atoms with van der Waals surface area (Å²) >= 11 is 0. The van der Waals surface area contributed by atoms with E-state index < -0.39 is 10.0 Å². The maximum Gasteiger partial charge on any atom is 0.232 e. The summed E-state index contributed by atoms with van der Waals surface area (Å²) in [5, 5.41) is 5.54. The molecule has 2 aromatic rings. The van der Waals surface area contributed by atoms with Gasteiger partial charge in [-0.25, -0.2) is 13.1 Å². The van der Waals surface area contributed by atoms with Gasteiger partial charge in [0.2, 0.25) is 10.0 Å². The summed E-state index contributed by atoms with van der Waals surface area (Å²) in [5.74, 6) is 0. The Balaban J connectivity index is 1.44. The molecule has 4 heterocycles. The van der Waals surface area contributed by atoms with Gasteiger partial charge in [0.15, 0.2) is 6.23 Å². The van der Waals surface area contributed by atoms with E-state index in [0.717, 1.165) is 68.3 Å². The number of aromatic nitrogens is 2. The number of anilines is 1. The third kappa shape index (κ3) is 3.98. The predicted molar refractivity (Wildman–Crippen MR) is 123 cm³/mol. The summed E-state index contributed by atoms with van der Waals surface area (Å²) in [4.78, 5) is 2.62. The minimum atomic E-state index is -3.39. The quantitative estimate of drug-likeness (QED) is 0.673. The number of nitrogens with zero attached hydrogens (tertiary/aromatic N) is 4. The van der Waals surface area contributed by atoms with Gasteiger partial charge in [-0.2, -0.15) is 5.10 Å². The van der Waals surface area contributed by atoms with Crippen LogP contribution >= 0.6 is 0 Å². The minimum absolute atomic E-state index is 0.0229. The molecule has 0 radical (unpaired) electrons. The van der Waals surface area contributed by atoms with Crippen molar-refractivity contribution in [2.75, 3.05) is 23.7 Å². The van der Waals surface area contributed by atoms with Crippen LogP contribution in [0.5, 0.6) is 0 Å². The maximum atomic E-state index is 12.9. The smallest absolute Gasteiger partial charge is 0.232 e. The number of benzene rings is 1. The maximum absolute atomic E-state index is 12.9. The van der Waals surface area contributed by atoms with Crippen molar-refractivity contribution in [1.29, 1.82) is 0 Å².